The van der Waals surface area contributed by atoms with Crippen molar-refractivity contribution >= 4 is 5.91 Å². The lowest BCUT2D eigenvalue weighted by Gasteiger charge is -1.99. The van der Waals surface area contributed by atoms with Crippen LogP contribution in [-0.2, 0) is 11.2 Å². The molecule has 1 aromatic rings. The molecule has 0 aromatic carbocycles. The highest BCUT2D eigenvalue weighted by Gasteiger charge is 2.22. The smallest absolute Gasteiger partial charge is 0.227 e. The minimum Gasteiger partial charge on any atom is -0.370 e. The summed E-state index contributed by atoms with van der Waals surface area (Å²) in [6.45, 7) is 0. The summed E-state index contributed by atoms with van der Waals surface area (Å²) in [5.74, 6) is 1.44. The number of hydrogen-bond acceptors (Lipinski definition) is 4. The first-order valence-corrected chi connectivity index (χ1v) is 5.36. The highest BCUT2D eigenvalue weighted by Crippen LogP contribution is 2.32. The summed E-state index contributed by atoms with van der Waals surface area (Å²) in [6, 6.07) is 0. The van der Waals surface area contributed by atoms with Crippen LogP contribution in [0, 0.1) is 0 Å². The van der Waals surface area contributed by atoms with Gasteiger partial charge in [-0.25, -0.2) is 0 Å². The highest BCUT2D eigenvalue weighted by molar-refractivity contribution is 5.73. The van der Waals surface area contributed by atoms with Crippen LogP contribution in [0.25, 0.3) is 0 Å². The van der Waals surface area contributed by atoms with Gasteiger partial charge in [0.25, 0.3) is 0 Å². The molecule has 1 fully saturated rings. The standard InChI is InChI=1S/C10H15N3O2/c11-8(14)5-6-9-12-10(13-15-9)7-3-1-2-4-7/h7H,1-6H2,(H2,11,14). The zero-order valence-electron chi connectivity index (χ0n) is 8.61. The second kappa shape index (κ2) is 4.42. The fourth-order valence-corrected chi connectivity index (χ4v) is 1.95. The van der Waals surface area contributed by atoms with Crippen LogP contribution in [0.1, 0.15) is 49.7 Å². The summed E-state index contributed by atoms with van der Waals surface area (Å²) in [4.78, 5) is 14.8. The number of hydrogen-bond donors (Lipinski definition) is 1. The second-order valence-corrected chi connectivity index (χ2v) is 3.99. The largest absolute Gasteiger partial charge is 0.370 e. The molecule has 5 nitrogen and oxygen atoms in total. The molecule has 0 unspecified atom stereocenters. The Bertz CT molecular complexity index is 342. The summed E-state index contributed by atoms with van der Waals surface area (Å²) < 4.78 is 5.06. The summed E-state index contributed by atoms with van der Waals surface area (Å²) in [5.41, 5.74) is 5.04. The number of rotatable bonds is 4. The van der Waals surface area contributed by atoms with Gasteiger partial charge < -0.3 is 10.3 Å². The van der Waals surface area contributed by atoms with Gasteiger partial charge in [0.15, 0.2) is 5.82 Å². The zero-order valence-corrected chi connectivity index (χ0v) is 8.61. The highest BCUT2D eigenvalue weighted by atomic mass is 16.5. The average Bonchev–Trinajstić information content (AvgIpc) is 2.85. The van der Waals surface area contributed by atoms with Gasteiger partial charge in [-0.3, -0.25) is 4.79 Å². The fraction of sp³-hybridized carbons (Fsp3) is 0.700. The van der Waals surface area contributed by atoms with E-state index in [1.165, 1.54) is 12.8 Å². The number of aromatic nitrogens is 2. The van der Waals surface area contributed by atoms with Gasteiger partial charge in [0.2, 0.25) is 11.8 Å². The molecular weight excluding hydrogens is 194 g/mol. The Morgan fingerprint density at radius 1 is 1.47 bits per heavy atom. The van der Waals surface area contributed by atoms with E-state index in [2.05, 4.69) is 10.1 Å². The van der Waals surface area contributed by atoms with E-state index in [1.807, 2.05) is 0 Å². The van der Waals surface area contributed by atoms with Crippen LogP contribution in [0.3, 0.4) is 0 Å². The minimum atomic E-state index is -0.337. The van der Waals surface area contributed by atoms with E-state index in [-0.39, 0.29) is 12.3 Å². The van der Waals surface area contributed by atoms with E-state index < -0.39 is 0 Å². The van der Waals surface area contributed by atoms with Crippen molar-refractivity contribution < 1.29 is 9.32 Å². The third kappa shape index (κ3) is 2.55. The van der Waals surface area contributed by atoms with E-state index in [9.17, 15) is 4.79 Å². The lowest BCUT2D eigenvalue weighted by molar-refractivity contribution is -0.118. The van der Waals surface area contributed by atoms with Crippen molar-refractivity contribution in [2.75, 3.05) is 0 Å². The molecule has 1 saturated carbocycles. The third-order valence-corrected chi connectivity index (χ3v) is 2.79. The van der Waals surface area contributed by atoms with Crippen LogP contribution < -0.4 is 5.73 Å². The molecule has 1 aromatic heterocycles. The maximum atomic E-state index is 10.6. The van der Waals surface area contributed by atoms with Gasteiger partial charge in [0.05, 0.1) is 0 Å². The van der Waals surface area contributed by atoms with E-state index >= 15 is 0 Å². The van der Waals surface area contributed by atoms with E-state index in [1.54, 1.807) is 0 Å². The normalized spacial score (nSPS) is 17.1. The first-order valence-electron chi connectivity index (χ1n) is 5.36. The predicted molar refractivity (Wildman–Crippen MR) is 53.0 cm³/mol. The molecule has 82 valence electrons. The second-order valence-electron chi connectivity index (χ2n) is 3.99. The van der Waals surface area contributed by atoms with Crippen LogP contribution in [0.15, 0.2) is 4.52 Å². The van der Waals surface area contributed by atoms with Gasteiger partial charge in [-0.2, -0.15) is 4.98 Å². The first kappa shape index (κ1) is 10.1. The fourth-order valence-electron chi connectivity index (χ4n) is 1.95. The number of carbonyl (C=O) groups excluding carboxylic acids is 1. The van der Waals surface area contributed by atoms with E-state index in [0.717, 1.165) is 18.7 Å². The maximum absolute atomic E-state index is 10.6. The Hall–Kier alpha value is -1.39. The number of nitrogens with zero attached hydrogens (tertiary/aromatic N) is 2. The summed E-state index contributed by atoms with van der Waals surface area (Å²) in [5, 5.41) is 3.94. The van der Waals surface area contributed by atoms with E-state index in [0.29, 0.717) is 18.2 Å². The van der Waals surface area contributed by atoms with Gasteiger partial charge in [0.1, 0.15) is 0 Å². The minimum absolute atomic E-state index is 0.270. The van der Waals surface area contributed by atoms with Crippen molar-refractivity contribution in [1.29, 1.82) is 0 Å². The van der Waals surface area contributed by atoms with Gasteiger partial charge in [-0.15, -0.1) is 0 Å². The van der Waals surface area contributed by atoms with E-state index in [4.69, 9.17) is 10.3 Å². The molecule has 0 atom stereocenters. The average molecular weight is 209 g/mol. The van der Waals surface area contributed by atoms with Crippen molar-refractivity contribution in [2.45, 2.75) is 44.4 Å². The topological polar surface area (TPSA) is 82.0 Å². The Morgan fingerprint density at radius 2 is 2.20 bits per heavy atom. The number of amides is 1. The van der Waals surface area contributed by atoms with Gasteiger partial charge >= 0.3 is 0 Å². The molecule has 2 N–H and O–H groups in total. The Kier molecular flexibility index (Phi) is 2.99. The van der Waals surface area contributed by atoms with Gasteiger partial charge in [-0.1, -0.05) is 18.0 Å². The molecule has 0 saturated heterocycles. The summed E-state index contributed by atoms with van der Waals surface area (Å²) in [6.07, 6.45) is 5.51. The Morgan fingerprint density at radius 3 is 2.87 bits per heavy atom. The number of primary amides is 1. The van der Waals surface area contributed by atoms with Crippen LogP contribution in [-0.4, -0.2) is 16.0 Å². The Balaban J connectivity index is 1.94. The van der Waals surface area contributed by atoms with Gasteiger partial charge in [-0.05, 0) is 12.8 Å². The third-order valence-electron chi connectivity index (χ3n) is 2.79. The van der Waals surface area contributed by atoms with Crippen molar-refractivity contribution in [2.24, 2.45) is 5.73 Å². The molecule has 0 bridgehead atoms. The van der Waals surface area contributed by atoms with Gasteiger partial charge in [0, 0.05) is 18.8 Å². The quantitative estimate of drug-likeness (QED) is 0.806. The Labute approximate surface area is 88.0 Å². The number of aryl methyl sites for hydroxylation is 1. The van der Waals surface area contributed by atoms with Crippen LogP contribution in [0.5, 0.6) is 0 Å². The molecular formula is C10H15N3O2. The molecule has 1 aliphatic carbocycles. The van der Waals surface area contributed by atoms with Crippen molar-refractivity contribution in [3.8, 4) is 0 Å². The maximum Gasteiger partial charge on any atom is 0.227 e. The number of nitrogens with two attached hydrogens (primary N) is 1. The molecule has 0 radical (unpaired) electrons. The van der Waals surface area contributed by atoms with Crippen LogP contribution in [0.4, 0.5) is 0 Å². The molecule has 0 aliphatic heterocycles. The SMILES string of the molecule is NC(=O)CCc1nc(C2CCCC2)no1. The molecule has 2 rings (SSSR count). The van der Waals surface area contributed by atoms with Crippen LogP contribution in [0.2, 0.25) is 0 Å². The summed E-state index contributed by atoms with van der Waals surface area (Å²) in [7, 11) is 0. The molecule has 5 heteroatoms. The zero-order chi connectivity index (χ0) is 10.7. The molecule has 15 heavy (non-hydrogen) atoms. The lowest BCUT2D eigenvalue weighted by atomic mass is 10.1. The van der Waals surface area contributed by atoms with Crippen molar-refractivity contribution in [3.05, 3.63) is 11.7 Å². The molecule has 0 spiro atoms. The lowest BCUT2D eigenvalue weighted by Crippen LogP contribution is -2.11. The van der Waals surface area contributed by atoms with Crippen LogP contribution >= 0.6 is 0 Å². The summed E-state index contributed by atoms with van der Waals surface area (Å²) >= 11 is 0. The van der Waals surface area contributed by atoms with Crippen molar-refractivity contribution in [1.82, 2.24) is 10.1 Å². The molecule has 1 aliphatic rings. The monoisotopic (exact) mass is 209 g/mol. The molecule has 1 amide bonds. The predicted octanol–water partition coefficient (Wildman–Crippen LogP) is 1.15. The first-order chi connectivity index (χ1) is 7.25. The number of carbonyl (C=O) groups is 1. The molecule has 1 heterocycles. The van der Waals surface area contributed by atoms with Crippen molar-refractivity contribution in [3.63, 3.8) is 0 Å².